The molecule has 1 N–H and O–H groups in total. The molecule has 1 amide bonds. The molecule has 100 valence electrons. The highest BCUT2D eigenvalue weighted by Crippen LogP contribution is 2.22. The molecule has 0 aromatic carbocycles. The number of aryl methyl sites for hydroxylation is 1. The molecule has 0 aliphatic carbocycles. The van der Waals surface area contributed by atoms with E-state index in [0.717, 1.165) is 11.9 Å². The minimum Gasteiger partial charge on any atom is -0.301 e. The summed E-state index contributed by atoms with van der Waals surface area (Å²) in [4.78, 5) is 16.2. The summed E-state index contributed by atoms with van der Waals surface area (Å²) in [7, 11) is -3.33. The molecule has 0 bridgehead atoms. The van der Waals surface area contributed by atoms with Gasteiger partial charge in [-0.3, -0.25) is 4.79 Å². The standard InChI is InChI=1S/C10H15N3O3S2/c1-7-6-17-10(11-7)12-9(14)8-4-3-5-13(8)18(2,15)16/h6,8H,3-5H2,1-2H3,(H,11,12,14). The van der Waals surface area contributed by atoms with Crippen LogP contribution in [0.3, 0.4) is 0 Å². The maximum atomic E-state index is 12.0. The summed E-state index contributed by atoms with van der Waals surface area (Å²) < 4.78 is 24.3. The van der Waals surface area contributed by atoms with E-state index < -0.39 is 16.1 Å². The fourth-order valence-electron chi connectivity index (χ4n) is 2.00. The molecule has 2 rings (SSSR count). The number of sulfonamides is 1. The highest BCUT2D eigenvalue weighted by atomic mass is 32.2. The first kappa shape index (κ1) is 13.4. The Kier molecular flexibility index (Phi) is 3.69. The lowest BCUT2D eigenvalue weighted by atomic mass is 10.2. The van der Waals surface area contributed by atoms with Gasteiger partial charge in [-0.1, -0.05) is 0 Å². The molecule has 0 saturated carbocycles. The first-order valence-electron chi connectivity index (χ1n) is 5.58. The summed E-state index contributed by atoms with van der Waals surface area (Å²) in [5, 5.41) is 5.01. The SMILES string of the molecule is Cc1csc(NC(=O)C2CCCN2S(C)(=O)=O)n1. The normalized spacial score (nSPS) is 21.1. The number of rotatable bonds is 3. The number of nitrogens with zero attached hydrogens (tertiary/aromatic N) is 2. The highest BCUT2D eigenvalue weighted by Gasteiger charge is 2.36. The first-order valence-corrected chi connectivity index (χ1v) is 8.30. The fourth-order valence-corrected chi connectivity index (χ4v) is 3.81. The molecule has 1 unspecified atom stereocenters. The number of carbonyl (C=O) groups excluding carboxylic acids is 1. The second-order valence-electron chi connectivity index (χ2n) is 4.32. The lowest BCUT2D eigenvalue weighted by Crippen LogP contribution is -2.42. The second-order valence-corrected chi connectivity index (χ2v) is 7.11. The molecule has 1 aromatic heterocycles. The summed E-state index contributed by atoms with van der Waals surface area (Å²) in [6, 6.07) is -0.607. The zero-order chi connectivity index (χ0) is 13.3. The lowest BCUT2D eigenvalue weighted by Gasteiger charge is -2.20. The largest absolute Gasteiger partial charge is 0.301 e. The van der Waals surface area contributed by atoms with Gasteiger partial charge in [-0.05, 0) is 19.8 Å². The average molecular weight is 289 g/mol. The van der Waals surface area contributed by atoms with Gasteiger partial charge in [-0.2, -0.15) is 4.31 Å². The predicted octanol–water partition coefficient (Wildman–Crippen LogP) is 0.814. The molecule has 8 heteroatoms. The van der Waals surface area contributed by atoms with Crippen LogP contribution < -0.4 is 5.32 Å². The van der Waals surface area contributed by atoms with Crippen LogP contribution in [0.1, 0.15) is 18.5 Å². The smallest absolute Gasteiger partial charge is 0.244 e. The number of hydrogen-bond donors (Lipinski definition) is 1. The van der Waals surface area contributed by atoms with Crippen molar-refractivity contribution in [1.29, 1.82) is 0 Å². The van der Waals surface area contributed by atoms with E-state index in [-0.39, 0.29) is 5.91 Å². The number of carbonyl (C=O) groups is 1. The molecule has 1 fully saturated rings. The molecule has 2 heterocycles. The Bertz CT molecular complexity index is 552. The van der Waals surface area contributed by atoms with Crippen molar-refractivity contribution in [2.24, 2.45) is 0 Å². The van der Waals surface area contributed by atoms with Crippen molar-refractivity contribution >= 4 is 32.4 Å². The van der Waals surface area contributed by atoms with Crippen LogP contribution in [0.15, 0.2) is 5.38 Å². The van der Waals surface area contributed by atoms with Crippen LogP contribution in [0.4, 0.5) is 5.13 Å². The molecular formula is C10H15N3O3S2. The van der Waals surface area contributed by atoms with Crippen molar-refractivity contribution in [3.05, 3.63) is 11.1 Å². The van der Waals surface area contributed by atoms with Gasteiger partial charge in [0.25, 0.3) is 0 Å². The highest BCUT2D eigenvalue weighted by molar-refractivity contribution is 7.88. The Balaban J connectivity index is 2.09. The van der Waals surface area contributed by atoms with Crippen molar-refractivity contribution in [2.45, 2.75) is 25.8 Å². The van der Waals surface area contributed by atoms with E-state index in [0.29, 0.717) is 24.5 Å². The molecule has 18 heavy (non-hydrogen) atoms. The van der Waals surface area contributed by atoms with E-state index >= 15 is 0 Å². The fraction of sp³-hybridized carbons (Fsp3) is 0.600. The number of nitrogens with one attached hydrogen (secondary N) is 1. The van der Waals surface area contributed by atoms with Crippen LogP contribution >= 0.6 is 11.3 Å². The van der Waals surface area contributed by atoms with Crippen molar-refractivity contribution < 1.29 is 13.2 Å². The van der Waals surface area contributed by atoms with E-state index in [2.05, 4.69) is 10.3 Å². The topological polar surface area (TPSA) is 79.4 Å². The number of thiazole rings is 1. The van der Waals surface area contributed by atoms with Crippen molar-refractivity contribution in [3.63, 3.8) is 0 Å². The minimum atomic E-state index is -3.33. The van der Waals surface area contributed by atoms with Gasteiger partial charge < -0.3 is 5.32 Å². The lowest BCUT2D eigenvalue weighted by molar-refractivity contribution is -0.119. The average Bonchev–Trinajstić information content (AvgIpc) is 2.85. The third-order valence-corrected chi connectivity index (χ3v) is 4.95. The van der Waals surface area contributed by atoms with Crippen LogP contribution in [0.2, 0.25) is 0 Å². The number of amides is 1. The maximum absolute atomic E-state index is 12.0. The van der Waals surface area contributed by atoms with Crippen molar-refractivity contribution in [1.82, 2.24) is 9.29 Å². The van der Waals surface area contributed by atoms with Gasteiger partial charge in [0.1, 0.15) is 6.04 Å². The Hall–Kier alpha value is -0.990. The third kappa shape index (κ3) is 2.88. The van der Waals surface area contributed by atoms with Crippen LogP contribution in [-0.4, -0.2) is 42.5 Å². The van der Waals surface area contributed by atoms with E-state index in [1.807, 2.05) is 12.3 Å². The van der Waals surface area contributed by atoms with E-state index in [1.54, 1.807) is 0 Å². The van der Waals surface area contributed by atoms with Crippen LogP contribution in [0, 0.1) is 6.92 Å². The van der Waals surface area contributed by atoms with Crippen LogP contribution in [-0.2, 0) is 14.8 Å². The summed E-state index contributed by atoms with van der Waals surface area (Å²) in [6.45, 7) is 2.25. The van der Waals surface area contributed by atoms with Crippen molar-refractivity contribution in [3.8, 4) is 0 Å². The molecule has 6 nitrogen and oxygen atoms in total. The molecule has 0 radical (unpaired) electrons. The van der Waals surface area contributed by atoms with Gasteiger partial charge in [-0.25, -0.2) is 13.4 Å². The molecule has 1 aliphatic rings. The van der Waals surface area contributed by atoms with Crippen LogP contribution in [0.25, 0.3) is 0 Å². The van der Waals surface area contributed by atoms with Crippen LogP contribution in [0.5, 0.6) is 0 Å². The van der Waals surface area contributed by atoms with Gasteiger partial charge in [-0.15, -0.1) is 11.3 Å². The van der Waals surface area contributed by atoms with Crippen molar-refractivity contribution in [2.75, 3.05) is 18.1 Å². The maximum Gasteiger partial charge on any atom is 0.244 e. The van der Waals surface area contributed by atoms with Gasteiger partial charge in [0.15, 0.2) is 5.13 Å². The number of aromatic nitrogens is 1. The first-order chi connectivity index (χ1) is 8.38. The summed E-state index contributed by atoms with van der Waals surface area (Å²) >= 11 is 1.33. The molecule has 1 atom stereocenters. The van der Waals surface area contributed by atoms with E-state index in [4.69, 9.17) is 0 Å². The Morgan fingerprint density at radius 2 is 2.33 bits per heavy atom. The van der Waals surface area contributed by atoms with E-state index in [1.165, 1.54) is 15.6 Å². The number of hydrogen-bond acceptors (Lipinski definition) is 5. The van der Waals surface area contributed by atoms with E-state index in [9.17, 15) is 13.2 Å². The third-order valence-electron chi connectivity index (χ3n) is 2.78. The molecule has 1 saturated heterocycles. The molecule has 1 aromatic rings. The van der Waals surface area contributed by atoms with Gasteiger partial charge in [0.05, 0.1) is 11.9 Å². The minimum absolute atomic E-state index is 0.299. The quantitative estimate of drug-likeness (QED) is 0.893. The monoisotopic (exact) mass is 289 g/mol. The Morgan fingerprint density at radius 1 is 1.61 bits per heavy atom. The summed E-state index contributed by atoms with van der Waals surface area (Å²) in [5.41, 5.74) is 0.835. The number of anilines is 1. The van der Waals surface area contributed by atoms with Gasteiger partial charge in [0.2, 0.25) is 15.9 Å². The summed E-state index contributed by atoms with van der Waals surface area (Å²) in [6.07, 6.45) is 2.40. The Labute approximate surface area is 110 Å². The molecule has 0 spiro atoms. The van der Waals surface area contributed by atoms with Gasteiger partial charge >= 0.3 is 0 Å². The summed E-state index contributed by atoms with van der Waals surface area (Å²) in [5.74, 6) is -0.299. The molecule has 1 aliphatic heterocycles. The van der Waals surface area contributed by atoms with Gasteiger partial charge in [0, 0.05) is 11.9 Å². The molecular weight excluding hydrogens is 274 g/mol. The zero-order valence-corrected chi connectivity index (χ0v) is 11.8. The Morgan fingerprint density at radius 3 is 2.89 bits per heavy atom. The zero-order valence-electron chi connectivity index (χ0n) is 10.2. The second kappa shape index (κ2) is 4.94. The predicted molar refractivity (Wildman–Crippen MR) is 70.1 cm³/mol.